The van der Waals surface area contributed by atoms with Gasteiger partial charge >= 0.3 is 0 Å². The molecule has 1 N–H and O–H groups in total. The third-order valence-electron chi connectivity index (χ3n) is 3.77. The van der Waals surface area contributed by atoms with Crippen LogP contribution in [0.15, 0.2) is 24.3 Å². The molecule has 0 bridgehead atoms. The van der Waals surface area contributed by atoms with Gasteiger partial charge in [0.05, 0.1) is 6.54 Å². The van der Waals surface area contributed by atoms with Crippen LogP contribution in [0.3, 0.4) is 0 Å². The van der Waals surface area contributed by atoms with Crippen LogP contribution in [0.1, 0.15) is 12.5 Å². The second-order valence-corrected chi connectivity index (χ2v) is 5.36. The van der Waals surface area contributed by atoms with Gasteiger partial charge in [0.25, 0.3) is 0 Å². The van der Waals surface area contributed by atoms with Gasteiger partial charge in [0.2, 0.25) is 5.91 Å². The predicted molar refractivity (Wildman–Crippen MR) is 84.0 cm³/mol. The lowest BCUT2D eigenvalue weighted by molar-refractivity contribution is -0.132. The summed E-state index contributed by atoms with van der Waals surface area (Å²) < 4.78 is 13.6. The highest BCUT2D eigenvalue weighted by Gasteiger charge is 2.22. The van der Waals surface area contributed by atoms with Crippen molar-refractivity contribution < 1.29 is 9.18 Å². The summed E-state index contributed by atoms with van der Waals surface area (Å²) >= 11 is 0. The molecule has 1 aliphatic rings. The van der Waals surface area contributed by atoms with Gasteiger partial charge in [-0.25, -0.2) is 4.39 Å². The lowest BCUT2D eigenvalue weighted by Crippen LogP contribution is -2.52. The average molecular weight is 316 g/mol. The monoisotopic (exact) mass is 315 g/mol. The fourth-order valence-electron chi connectivity index (χ4n) is 2.38. The Balaban J connectivity index is 0.00000220. The molecule has 1 heterocycles. The number of hydrogen-bond acceptors (Lipinski definition) is 3. The van der Waals surface area contributed by atoms with E-state index in [2.05, 4.69) is 17.1 Å². The van der Waals surface area contributed by atoms with Gasteiger partial charge in [-0.3, -0.25) is 9.69 Å². The molecular weight excluding hydrogens is 293 g/mol. The summed E-state index contributed by atoms with van der Waals surface area (Å²) in [4.78, 5) is 16.0. The van der Waals surface area contributed by atoms with Crippen molar-refractivity contribution in [3.63, 3.8) is 0 Å². The standard InChI is InChI=1S/C15H22FN3O.ClH/c1-12-9-17-7-8-19(12)11-15(20)18(2)10-13-5-3-4-6-14(13)16;/h3-6,12,17H,7-11H2,1-2H3;1H/t12-;/m1./s1. The maximum Gasteiger partial charge on any atom is 0.236 e. The van der Waals surface area contributed by atoms with E-state index in [1.165, 1.54) is 6.07 Å². The number of carbonyl (C=O) groups is 1. The van der Waals surface area contributed by atoms with Crippen LogP contribution < -0.4 is 5.32 Å². The third-order valence-corrected chi connectivity index (χ3v) is 3.77. The summed E-state index contributed by atoms with van der Waals surface area (Å²) in [6, 6.07) is 6.94. The van der Waals surface area contributed by atoms with Crippen molar-refractivity contribution in [2.45, 2.75) is 19.5 Å². The lowest BCUT2D eigenvalue weighted by Gasteiger charge is -2.34. The Kier molecular flexibility index (Phi) is 7.08. The van der Waals surface area contributed by atoms with Gasteiger partial charge in [-0.05, 0) is 13.0 Å². The molecule has 1 amide bonds. The third kappa shape index (κ3) is 4.95. The maximum atomic E-state index is 13.6. The van der Waals surface area contributed by atoms with E-state index in [1.807, 2.05) is 0 Å². The van der Waals surface area contributed by atoms with Crippen molar-refractivity contribution in [1.82, 2.24) is 15.1 Å². The van der Waals surface area contributed by atoms with E-state index in [0.717, 1.165) is 19.6 Å². The van der Waals surface area contributed by atoms with Crippen LogP contribution in [-0.4, -0.2) is 55.0 Å². The fourth-order valence-corrected chi connectivity index (χ4v) is 2.38. The Labute approximate surface area is 131 Å². The number of nitrogens with zero attached hydrogens (tertiary/aromatic N) is 2. The summed E-state index contributed by atoms with van der Waals surface area (Å²) in [6.45, 7) is 5.51. The number of piperazine rings is 1. The van der Waals surface area contributed by atoms with E-state index in [1.54, 1.807) is 30.1 Å². The van der Waals surface area contributed by atoms with Gasteiger partial charge in [-0.15, -0.1) is 12.4 Å². The van der Waals surface area contributed by atoms with Crippen molar-refractivity contribution in [3.8, 4) is 0 Å². The quantitative estimate of drug-likeness (QED) is 0.914. The fraction of sp³-hybridized carbons (Fsp3) is 0.533. The van der Waals surface area contributed by atoms with Gasteiger partial charge in [0.15, 0.2) is 0 Å². The second-order valence-electron chi connectivity index (χ2n) is 5.36. The van der Waals surface area contributed by atoms with Gasteiger partial charge in [0, 0.05) is 44.8 Å². The van der Waals surface area contributed by atoms with Crippen LogP contribution in [0.4, 0.5) is 4.39 Å². The number of amides is 1. The minimum atomic E-state index is -0.261. The molecule has 0 aliphatic carbocycles. The molecule has 1 aromatic rings. The van der Waals surface area contributed by atoms with Crippen molar-refractivity contribution >= 4 is 18.3 Å². The minimum absolute atomic E-state index is 0. The molecule has 0 unspecified atom stereocenters. The number of likely N-dealkylation sites (N-methyl/N-ethyl adjacent to an activating group) is 1. The highest BCUT2D eigenvalue weighted by atomic mass is 35.5. The topological polar surface area (TPSA) is 35.6 Å². The highest BCUT2D eigenvalue weighted by Crippen LogP contribution is 2.10. The Morgan fingerprint density at radius 2 is 2.19 bits per heavy atom. The Morgan fingerprint density at radius 1 is 1.48 bits per heavy atom. The van der Waals surface area contributed by atoms with Gasteiger partial charge in [-0.1, -0.05) is 18.2 Å². The maximum absolute atomic E-state index is 13.6. The van der Waals surface area contributed by atoms with E-state index in [9.17, 15) is 9.18 Å². The molecule has 1 aliphatic heterocycles. The van der Waals surface area contributed by atoms with Gasteiger partial charge < -0.3 is 10.2 Å². The summed E-state index contributed by atoms with van der Waals surface area (Å²) in [5.74, 6) is -0.232. The van der Waals surface area contributed by atoms with Crippen LogP contribution in [0.25, 0.3) is 0 Å². The van der Waals surface area contributed by atoms with Crippen LogP contribution in [0, 0.1) is 5.82 Å². The number of hydrogen-bond donors (Lipinski definition) is 1. The molecule has 1 atom stereocenters. The smallest absolute Gasteiger partial charge is 0.236 e. The zero-order valence-corrected chi connectivity index (χ0v) is 13.3. The van der Waals surface area contributed by atoms with Crippen LogP contribution in [-0.2, 0) is 11.3 Å². The normalized spacial score (nSPS) is 18.9. The Hall–Kier alpha value is -1.17. The predicted octanol–water partition coefficient (Wildman–Crippen LogP) is 1.50. The van der Waals surface area contributed by atoms with Crippen molar-refractivity contribution in [1.29, 1.82) is 0 Å². The van der Waals surface area contributed by atoms with Crippen LogP contribution in [0.5, 0.6) is 0 Å². The minimum Gasteiger partial charge on any atom is -0.340 e. The first-order valence-corrected chi connectivity index (χ1v) is 7.00. The molecule has 1 fully saturated rings. The molecule has 0 saturated carbocycles. The first kappa shape index (κ1) is 17.9. The number of nitrogens with one attached hydrogen (secondary N) is 1. The van der Waals surface area contributed by atoms with Crippen LogP contribution in [0.2, 0.25) is 0 Å². The molecular formula is C15H23ClFN3O. The van der Waals surface area contributed by atoms with Gasteiger partial charge in [-0.2, -0.15) is 0 Å². The largest absolute Gasteiger partial charge is 0.340 e. The van der Waals surface area contributed by atoms with Crippen molar-refractivity contribution in [2.24, 2.45) is 0 Å². The highest BCUT2D eigenvalue weighted by molar-refractivity contribution is 5.85. The molecule has 0 spiro atoms. The van der Waals surface area contributed by atoms with E-state index < -0.39 is 0 Å². The number of carbonyl (C=O) groups excluding carboxylic acids is 1. The number of benzene rings is 1. The zero-order chi connectivity index (χ0) is 14.5. The number of rotatable bonds is 4. The molecule has 21 heavy (non-hydrogen) atoms. The van der Waals surface area contributed by atoms with E-state index in [0.29, 0.717) is 24.7 Å². The van der Waals surface area contributed by atoms with E-state index in [4.69, 9.17) is 0 Å². The van der Waals surface area contributed by atoms with Crippen molar-refractivity contribution in [2.75, 3.05) is 33.2 Å². The summed E-state index contributed by atoms with van der Waals surface area (Å²) in [7, 11) is 1.72. The molecule has 0 aromatic heterocycles. The SMILES string of the molecule is C[C@@H]1CNCCN1CC(=O)N(C)Cc1ccccc1F.Cl. The second kappa shape index (κ2) is 8.32. The summed E-state index contributed by atoms with van der Waals surface area (Å²) in [5.41, 5.74) is 0.553. The molecule has 6 heteroatoms. The van der Waals surface area contributed by atoms with E-state index >= 15 is 0 Å². The molecule has 0 radical (unpaired) electrons. The summed E-state index contributed by atoms with van der Waals surface area (Å²) in [6.07, 6.45) is 0. The molecule has 2 rings (SSSR count). The average Bonchev–Trinajstić information content (AvgIpc) is 2.43. The van der Waals surface area contributed by atoms with Crippen molar-refractivity contribution in [3.05, 3.63) is 35.6 Å². The van der Waals surface area contributed by atoms with E-state index in [-0.39, 0.29) is 24.1 Å². The number of halogens is 2. The zero-order valence-electron chi connectivity index (χ0n) is 12.5. The lowest BCUT2D eigenvalue weighted by atomic mass is 10.2. The Morgan fingerprint density at radius 3 is 2.86 bits per heavy atom. The summed E-state index contributed by atoms with van der Waals surface area (Å²) in [5, 5.41) is 3.30. The molecule has 118 valence electrons. The molecule has 4 nitrogen and oxygen atoms in total. The first-order chi connectivity index (χ1) is 9.58. The molecule has 1 aromatic carbocycles. The molecule has 1 saturated heterocycles. The first-order valence-electron chi connectivity index (χ1n) is 7.00. The Bertz CT molecular complexity index is 472. The van der Waals surface area contributed by atoms with Gasteiger partial charge in [0.1, 0.15) is 5.82 Å². The van der Waals surface area contributed by atoms with Crippen LogP contribution >= 0.6 is 12.4 Å².